The number of hydrogen-bond donors (Lipinski definition) is 6. The van der Waals surface area contributed by atoms with Crippen LogP contribution in [0.15, 0.2) is 48.6 Å². The van der Waals surface area contributed by atoms with Crippen molar-refractivity contribution in [2.24, 2.45) is 11.8 Å². The van der Waals surface area contributed by atoms with Crippen LogP contribution in [0.4, 0.5) is 0 Å². The molecule has 0 spiro atoms. The van der Waals surface area contributed by atoms with E-state index in [1.165, 1.54) is 19.3 Å². The van der Waals surface area contributed by atoms with Crippen molar-refractivity contribution in [1.82, 2.24) is 0 Å². The van der Waals surface area contributed by atoms with Gasteiger partial charge in [-0.15, -0.1) is 0 Å². The van der Waals surface area contributed by atoms with Gasteiger partial charge < -0.3 is 39.9 Å². The second kappa shape index (κ2) is 34.5. The summed E-state index contributed by atoms with van der Waals surface area (Å²) < 4.78 is 32.6. The molecule has 1 aliphatic rings. The summed E-state index contributed by atoms with van der Waals surface area (Å²) in [5.41, 5.74) is 0. The number of allylic oxidation sites excluding steroid dienone is 5. The number of esters is 2. The maximum atomic E-state index is 12.7. The third-order valence-corrected chi connectivity index (χ3v) is 11.0. The van der Waals surface area contributed by atoms with E-state index in [4.69, 9.17) is 19.1 Å². The first-order valence-electron chi connectivity index (χ1n) is 21.9. The van der Waals surface area contributed by atoms with Crippen molar-refractivity contribution < 1.29 is 63.1 Å². The molecule has 1 fully saturated rings. The summed E-state index contributed by atoms with van der Waals surface area (Å²) in [6.07, 6.45) is 29.1. The lowest BCUT2D eigenvalue weighted by Crippen LogP contribution is -2.29. The number of aliphatic hydroxyl groups is 5. The molecule has 0 aromatic heterocycles. The lowest BCUT2D eigenvalue weighted by atomic mass is 9.89. The zero-order chi connectivity index (χ0) is 42.9. The zero-order valence-corrected chi connectivity index (χ0v) is 36.2. The summed E-state index contributed by atoms with van der Waals surface area (Å²) in [7, 11) is -4.70. The van der Waals surface area contributed by atoms with E-state index in [0.29, 0.717) is 19.3 Å². The molecule has 1 unspecified atom stereocenters. The van der Waals surface area contributed by atoms with Gasteiger partial charge in [-0.05, 0) is 57.3 Å². The van der Waals surface area contributed by atoms with Gasteiger partial charge in [-0.1, -0.05) is 127 Å². The van der Waals surface area contributed by atoms with Gasteiger partial charge in [-0.3, -0.25) is 18.6 Å². The van der Waals surface area contributed by atoms with Crippen LogP contribution in [0.5, 0.6) is 0 Å². The summed E-state index contributed by atoms with van der Waals surface area (Å²) in [5, 5.41) is 49.7. The van der Waals surface area contributed by atoms with Gasteiger partial charge in [0.05, 0.1) is 44.6 Å². The fraction of sp³-hybridized carbons (Fsp3) is 0.773. The smallest absolute Gasteiger partial charge is 0.461 e. The molecule has 0 aromatic rings. The van der Waals surface area contributed by atoms with E-state index in [-0.39, 0.29) is 31.1 Å². The van der Waals surface area contributed by atoms with Crippen LogP contribution >= 0.6 is 7.82 Å². The molecule has 1 rings (SSSR count). The van der Waals surface area contributed by atoms with Crippen molar-refractivity contribution in [3.8, 4) is 0 Å². The van der Waals surface area contributed by atoms with Crippen molar-refractivity contribution in [3.63, 3.8) is 0 Å². The first-order valence-corrected chi connectivity index (χ1v) is 23.3. The number of phosphoric acid groups is 1. The Balaban J connectivity index is 2.51. The molecule has 0 saturated heterocycles. The van der Waals surface area contributed by atoms with Gasteiger partial charge in [-0.2, -0.15) is 0 Å². The van der Waals surface area contributed by atoms with Gasteiger partial charge in [0, 0.05) is 18.8 Å². The number of aliphatic hydroxyl groups excluding tert-OH is 5. The number of rotatable bonds is 36. The molecule has 6 N–H and O–H groups in total. The number of phosphoric ester groups is 1. The second-order valence-corrected chi connectivity index (χ2v) is 16.8. The van der Waals surface area contributed by atoms with Gasteiger partial charge in [0.1, 0.15) is 12.7 Å². The zero-order valence-electron chi connectivity index (χ0n) is 35.3. The summed E-state index contributed by atoms with van der Waals surface area (Å²) in [5.74, 6) is -1.88. The highest BCUT2D eigenvalue weighted by molar-refractivity contribution is 7.47. The molecule has 58 heavy (non-hydrogen) atoms. The van der Waals surface area contributed by atoms with Crippen LogP contribution in [0.25, 0.3) is 0 Å². The molecule has 13 nitrogen and oxygen atoms in total. The fourth-order valence-corrected chi connectivity index (χ4v) is 7.37. The topological polar surface area (TPSA) is 210 Å². The predicted molar refractivity (Wildman–Crippen MR) is 226 cm³/mol. The first-order chi connectivity index (χ1) is 27.9. The Labute approximate surface area is 348 Å². The van der Waals surface area contributed by atoms with Gasteiger partial charge >= 0.3 is 19.8 Å². The van der Waals surface area contributed by atoms with Crippen LogP contribution in [0, 0.1) is 11.8 Å². The number of carbonyl (C=O) groups excluding carboxylic acids is 2. The lowest BCUT2D eigenvalue weighted by Gasteiger charge is -2.20. The van der Waals surface area contributed by atoms with Crippen LogP contribution < -0.4 is 0 Å². The molecule has 336 valence electrons. The molecule has 14 heteroatoms. The van der Waals surface area contributed by atoms with E-state index in [1.807, 2.05) is 0 Å². The molecular formula is C44H77O13P. The van der Waals surface area contributed by atoms with Crippen molar-refractivity contribution in [1.29, 1.82) is 0 Å². The lowest BCUT2D eigenvalue weighted by molar-refractivity contribution is -0.160. The van der Waals surface area contributed by atoms with Crippen molar-refractivity contribution >= 4 is 19.8 Å². The quantitative estimate of drug-likeness (QED) is 0.0155. The molecule has 0 heterocycles. The standard InChI is InChI=1S/C44H77O13P/c1-3-5-7-8-9-10-11-12-13-14-15-16-17-18-19-20-22-28-44(51)57-38(35-56-58(52,53)55-33-37(47)32-45)34-54-43(50)27-24-23-26-39-40(42(49)31-41(39)48)30-29-36(46)25-21-6-4-2/h9-10,12-13,23-24,29-30,36-42,45-49H,3-8,11,14-22,25-28,31-35H2,1-2H3,(H,52,53)/b10-9-,13-12-,24-23-,30-29+/t36-,37+,38-,39+,40-,41+,42-/m1/s1. The summed E-state index contributed by atoms with van der Waals surface area (Å²) in [6.45, 7) is 1.86. The maximum Gasteiger partial charge on any atom is 0.472 e. The first kappa shape index (κ1) is 53.8. The van der Waals surface area contributed by atoms with Crippen LogP contribution in [0.2, 0.25) is 0 Å². The van der Waals surface area contributed by atoms with Gasteiger partial charge in [0.15, 0.2) is 6.10 Å². The van der Waals surface area contributed by atoms with Gasteiger partial charge in [0.2, 0.25) is 0 Å². The average Bonchev–Trinajstić information content (AvgIpc) is 3.47. The minimum Gasteiger partial charge on any atom is -0.461 e. The molecule has 8 atom stereocenters. The molecule has 0 bridgehead atoms. The fourth-order valence-electron chi connectivity index (χ4n) is 6.58. The van der Waals surface area contributed by atoms with Gasteiger partial charge in [0.25, 0.3) is 0 Å². The Morgan fingerprint density at radius 3 is 2.03 bits per heavy atom. The van der Waals surface area contributed by atoms with E-state index in [0.717, 1.165) is 77.0 Å². The SMILES string of the molecule is CCCCC/C=C\C/C=C\CCCCCCCCCC(=O)O[C@H](COC(=O)C/C=C\C[C@H]1[C@@H](/C=C/[C@H](O)CCCCC)[C@H](O)C[C@@H]1O)COP(=O)(O)OC[C@@H](O)CO. The second-order valence-electron chi connectivity index (χ2n) is 15.4. The maximum absolute atomic E-state index is 12.7. The van der Waals surface area contributed by atoms with E-state index in [1.54, 1.807) is 24.3 Å². The molecular weight excluding hydrogens is 767 g/mol. The van der Waals surface area contributed by atoms with Crippen LogP contribution in [-0.2, 0) is 32.7 Å². The minimum absolute atomic E-state index is 0.108. The normalized spacial score (nSPS) is 21.3. The number of unbranched alkanes of at least 4 members (excludes halogenated alkanes) is 12. The van der Waals surface area contributed by atoms with E-state index < -0.39 is 76.7 Å². The highest BCUT2D eigenvalue weighted by Gasteiger charge is 2.39. The molecule has 0 aliphatic heterocycles. The van der Waals surface area contributed by atoms with E-state index in [9.17, 15) is 39.5 Å². The number of carbonyl (C=O) groups is 2. The monoisotopic (exact) mass is 845 g/mol. The number of hydrogen-bond acceptors (Lipinski definition) is 12. The summed E-state index contributed by atoms with van der Waals surface area (Å²) in [4.78, 5) is 35.2. The largest absolute Gasteiger partial charge is 0.472 e. The third kappa shape index (κ3) is 28.3. The molecule has 1 aliphatic carbocycles. The molecule has 0 radical (unpaired) electrons. The average molecular weight is 845 g/mol. The minimum atomic E-state index is -4.70. The Morgan fingerprint density at radius 2 is 1.36 bits per heavy atom. The van der Waals surface area contributed by atoms with E-state index >= 15 is 0 Å². The number of ether oxygens (including phenoxy) is 2. The Hall–Kier alpha value is -2.19. The Morgan fingerprint density at radius 1 is 0.741 bits per heavy atom. The van der Waals surface area contributed by atoms with Crippen molar-refractivity contribution in [2.75, 3.05) is 26.4 Å². The van der Waals surface area contributed by atoms with Gasteiger partial charge in [-0.25, -0.2) is 4.57 Å². The molecule has 0 amide bonds. The van der Waals surface area contributed by atoms with Crippen molar-refractivity contribution in [3.05, 3.63) is 48.6 Å². The van der Waals surface area contributed by atoms with Crippen LogP contribution in [0.1, 0.15) is 149 Å². The Bertz CT molecular complexity index is 1220. The van der Waals surface area contributed by atoms with Crippen LogP contribution in [-0.4, -0.2) is 99.3 Å². The highest BCUT2D eigenvalue weighted by atomic mass is 31.2. The third-order valence-electron chi connectivity index (χ3n) is 10.1. The van der Waals surface area contributed by atoms with Crippen molar-refractivity contribution in [2.45, 2.75) is 179 Å². The summed E-state index contributed by atoms with van der Waals surface area (Å²) >= 11 is 0. The predicted octanol–water partition coefficient (Wildman–Crippen LogP) is 7.71. The summed E-state index contributed by atoms with van der Waals surface area (Å²) in [6, 6.07) is 0. The Kier molecular flexibility index (Phi) is 32.0. The molecule has 0 aromatic carbocycles. The van der Waals surface area contributed by atoms with Crippen LogP contribution in [0.3, 0.4) is 0 Å². The van der Waals surface area contributed by atoms with E-state index in [2.05, 4.69) is 42.7 Å². The molecule has 1 saturated carbocycles. The highest BCUT2D eigenvalue weighted by Crippen LogP contribution is 2.43.